The Morgan fingerprint density at radius 2 is 2.17 bits per heavy atom. The highest BCUT2D eigenvalue weighted by atomic mass is 19.3. The van der Waals surface area contributed by atoms with Crippen LogP contribution in [0.1, 0.15) is 20.3 Å². The summed E-state index contributed by atoms with van der Waals surface area (Å²) in [4.78, 5) is 12.3. The van der Waals surface area contributed by atoms with Gasteiger partial charge >= 0.3 is 0 Å². The highest BCUT2D eigenvalue weighted by Gasteiger charge is 2.42. The third-order valence-corrected chi connectivity index (χ3v) is 2.48. The number of alkyl halides is 2. The summed E-state index contributed by atoms with van der Waals surface area (Å²) < 4.78 is 24.8. The smallest absolute Gasteiger partial charge is 0.245 e. The van der Waals surface area contributed by atoms with Crippen molar-refractivity contribution in [1.29, 1.82) is 0 Å². The van der Waals surface area contributed by atoms with E-state index in [0.29, 0.717) is 13.0 Å². The van der Waals surface area contributed by atoms with E-state index in [0.717, 1.165) is 0 Å². The molecule has 0 bridgehead atoms. The Balaban J connectivity index is 2.60. The number of hydrogen-bond acceptors (Lipinski definition) is 1. The Hall–Kier alpha value is -0.670. The van der Waals surface area contributed by atoms with Crippen LogP contribution in [0.15, 0.2) is 0 Å². The van der Waals surface area contributed by atoms with Gasteiger partial charge in [0.2, 0.25) is 12.3 Å². The summed E-state index contributed by atoms with van der Waals surface area (Å²) in [5.74, 6) is -0.112. The number of hydrogen-bond donors (Lipinski definition) is 0. The van der Waals surface area contributed by atoms with Gasteiger partial charge in [0.25, 0.3) is 0 Å². The molecule has 12 heavy (non-hydrogen) atoms. The van der Waals surface area contributed by atoms with Crippen LogP contribution in [0.3, 0.4) is 0 Å². The van der Waals surface area contributed by atoms with Crippen molar-refractivity contribution in [2.24, 2.45) is 5.41 Å². The lowest BCUT2D eigenvalue weighted by molar-refractivity contribution is -0.128. The first kappa shape index (κ1) is 9.42. The molecule has 0 radical (unpaired) electrons. The number of carbonyl (C=O) groups is 1. The molecule has 0 saturated carbocycles. The van der Waals surface area contributed by atoms with Gasteiger partial charge in [0, 0.05) is 25.4 Å². The second-order valence-electron chi connectivity index (χ2n) is 3.65. The maximum atomic E-state index is 12.4. The van der Waals surface area contributed by atoms with Crippen molar-refractivity contribution in [3.63, 3.8) is 0 Å². The number of likely N-dealkylation sites (tertiary alicyclic amines) is 1. The molecule has 0 spiro atoms. The molecule has 1 unspecified atom stereocenters. The van der Waals surface area contributed by atoms with Gasteiger partial charge in [-0.2, -0.15) is 0 Å². The third kappa shape index (κ3) is 1.57. The molecular formula is C8H13F2NO. The van der Waals surface area contributed by atoms with Crippen LogP contribution in [0.2, 0.25) is 0 Å². The van der Waals surface area contributed by atoms with Crippen LogP contribution in [-0.2, 0) is 4.79 Å². The molecule has 1 saturated heterocycles. The second kappa shape index (κ2) is 2.99. The molecule has 0 aliphatic carbocycles. The van der Waals surface area contributed by atoms with Gasteiger partial charge in [-0.1, -0.05) is 6.92 Å². The van der Waals surface area contributed by atoms with Crippen molar-refractivity contribution in [2.45, 2.75) is 26.7 Å². The van der Waals surface area contributed by atoms with Gasteiger partial charge in [-0.3, -0.25) is 4.79 Å². The third-order valence-electron chi connectivity index (χ3n) is 2.48. The van der Waals surface area contributed by atoms with E-state index in [1.165, 1.54) is 18.7 Å². The Bertz CT molecular complexity index is 195. The number of nitrogens with zero attached hydrogens (tertiary/aromatic N) is 1. The van der Waals surface area contributed by atoms with Crippen LogP contribution < -0.4 is 0 Å². The molecule has 70 valence electrons. The van der Waals surface area contributed by atoms with Gasteiger partial charge in [-0.15, -0.1) is 0 Å². The molecule has 1 amide bonds. The molecule has 4 heteroatoms. The Morgan fingerprint density at radius 3 is 2.42 bits per heavy atom. The largest absolute Gasteiger partial charge is 0.342 e. The van der Waals surface area contributed by atoms with E-state index in [4.69, 9.17) is 0 Å². The van der Waals surface area contributed by atoms with Crippen molar-refractivity contribution in [1.82, 2.24) is 4.90 Å². The van der Waals surface area contributed by atoms with Crippen LogP contribution in [0.25, 0.3) is 0 Å². The minimum absolute atomic E-state index is 0.112. The Morgan fingerprint density at radius 1 is 1.58 bits per heavy atom. The predicted octanol–water partition coefficient (Wildman–Crippen LogP) is 1.51. The second-order valence-corrected chi connectivity index (χ2v) is 3.65. The molecule has 0 aromatic heterocycles. The molecule has 1 rings (SSSR count). The number of halogens is 2. The summed E-state index contributed by atoms with van der Waals surface area (Å²) >= 11 is 0. The fraction of sp³-hybridized carbons (Fsp3) is 0.875. The van der Waals surface area contributed by atoms with E-state index in [1.54, 1.807) is 0 Å². The molecule has 0 aromatic carbocycles. The average molecular weight is 177 g/mol. The molecule has 2 nitrogen and oxygen atoms in total. The van der Waals surface area contributed by atoms with Crippen molar-refractivity contribution in [3.8, 4) is 0 Å². The summed E-state index contributed by atoms with van der Waals surface area (Å²) in [6.45, 7) is 3.61. The molecule has 1 atom stereocenters. The first-order valence-electron chi connectivity index (χ1n) is 3.99. The molecule has 0 N–H and O–H groups in total. The predicted molar refractivity (Wildman–Crippen MR) is 41.0 cm³/mol. The van der Waals surface area contributed by atoms with Crippen molar-refractivity contribution in [3.05, 3.63) is 0 Å². The quantitative estimate of drug-likeness (QED) is 0.594. The first-order valence-corrected chi connectivity index (χ1v) is 3.99. The lowest BCUT2D eigenvalue weighted by Crippen LogP contribution is -2.32. The zero-order valence-corrected chi connectivity index (χ0v) is 7.31. The summed E-state index contributed by atoms with van der Waals surface area (Å²) in [6.07, 6.45) is -1.92. The Labute approximate surface area is 70.5 Å². The summed E-state index contributed by atoms with van der Waals surface area (Å²) in [7, 11) is 0. The van der Waals surface area contributed by atoms with Gasteiger partial charge in [0.15, 0.2) is 0 Å². The molecular weight excluding hydrogens is 164 g/mol. The number of rotatable bonds is 1. The van der Waals surface area contributed by atoms with Crippen molar-refractivity contribution >= 4 is 5.91 Å². The highest BCUT2D eigenvalue weighted by Crippen LogP contribution is 2.35. The Kier molecular flexibility index (Phi) is 2.35. The normalized spacial score (nSPS) is 29.9. The van der Waals surface area contributed by atoms with Crippen LogP contribution >= 0.6 is 0 Å². The van der Waals surface area contributed by atoms with Gasteiger partial charge in [0.05, 0.1) is 0 Å². The molecule has 1 aliphatic heterocycles. The first-order chi connectivity index (χ1) is 5.46. The lowest BCUT2D eigenvalue weighted by Gasteiger charge is -2.22. The summed E-state index contributed by atoms with van der Waals surface area (Å²) in [5, 5.41) is 0. The van der Waals surface area contributed by atoms with Gasteiger partial charge in [-0.25, -0.2) is 8.78 Å². The van der Waals surface area contributed by atoms with Crippen LogP contribution in [0.5, 0.6) is 0 Å². The standard InChI is InChI=1S/C8H13F2NO/c1-6(12)11-4-3-8(2,5-11)7(9)10/h7H,3-5H2,1-2H3. The van der Waals surface area contributed by atoms with Crippen LogP contribution in [0.4, 0.5) is 8.78 Å². The summed E-state index contributed by atoms with van der Waals surface area (Å²) in [5.41, 5.74) is -0.980. The van der Waals surface area contributed by atoms with Gasteiger partial charge < -0.3 is 4.90 Å². The highest BCUT2D eigenvalue weighted by molar-refractivity contribution is 5.73. The topological polar surface area (TPSA) is 20.3 Å². The van der Waals surface area contributed by atoms with E-state index in [2.05, 4.69) is 0 Å². The van der Waals surface area contributed by atoms with Gasteiger partial charge in [0.1, 0.15) is 0 Å². The molecule has 1 heterocycles. The monoisotopic (exact) mass is 177 g/mol. The summed E-state index contributed by atoms with van der Waals surface area (Å²) in [6, 6.07) is 0. The lowest BCUT2D eigenvalue weighted by atomic mass is 9.91. The molecule has 1 fully saturated rings. The molecule has 1 aliphatic rings. The van der Waals surface area contributed by atoms with Crippen molar-refractivity contribution < 1.29 is 13.6 Å². The molecule has 0 aromatic rings. The fourth-order valence-electron chi connectivity index (χ4n) is 1.43. The van der Waals surface area contributed by atoms with E-state index >= 15 is 0 Å². The minimum atomic E-state index is -2.33. The maximum Gasteiger partial charge on any atom is 0.245 e. The van der Waals surface area contributed by atoms with Crippen LogP contribution in [-0.4, -0.2) is 30.3 Å². The van der Waals surface area contributed by atoms with E-state index in [-0.39, 0.29) is 12.5 Å². The average Bonchev–Trinajstić information content (AvgIpc) is 2.33. The zero-order chi connectivity index (χ0) is 9.35. The SMILES string of the molecule is CC(=O)N1CCC(C)(C(F)F)C1. The van der Waals surface area contributed by atoms with Crippen molar-refractivity contribution in [2.75, 3.05) is 13.1 Å². The van der Waals surface area contributed by atoms with E-state index in [1.807, 2.05) is 0 Å². The van der Waals surface area contributed by atoms with Crippen LogP contribution in [0, 0.1) is 5.41 Å². The fourth-order valence-corrected chi connectivity index (χ4v) is 1.43. The van der Waals surface area contributed by atoms with E-state index < -0.39 is 11.8 Å². The zero-order valence-electron chi connectivity index (χ0n) is 7.31. The van der Waals surface area contributed by atoms with Gasteiger partial charge in [-0.05, 0) is 6.42 Å². The number of amides is 1. The minimum Gasteiger partial charge on any atom is -0.342 e. The maximum absolute atomic E-state index is 12.4. The van der Waals surface area contributed by atoms with E-state index in [9.17, 15) is 13.6 Å². The number of carbonyl (C=O) groups excluding carboxylic acids is 1.